The van der Waals surface area contributed by atoms with Crippen molar-refractivity contribution in [3.05, 3.63) is 0 Å². The van der Waals surface area contributed by atoms with E-state index in [9.17, 15) is 0 Å². The minimum absolute atomic E-state index is 0.689. The van der Waals surface area contributed by atoms with Crippen LogP contribution in [0.2, 0.25) is 0 Å². The van der Waals surface area contributed by atoms with Crippen molar-refractivity contribution in [3.63, 3.8) is 0 Å². The molecule has 0 amide bonds. The summed E-state index contributed by atoms with van der Waals surface area (Å²) >= 11 is 2.10. The van der Waals surface area contributed by atoms with Gasteiger partial charge in [-0.05, 0) is 25.8 Å². The summed E-state index contributed by atoms with van der Waals surface area (Å²) in [5, 5.41) is 4.25. The Labute approximate surface area is 94.4 Å². The first-order valence-electron chi connectivity index (χ1n) is 5.94. The molecule has 0 radical (unpaired) electrons. The van der Waals surface area contributed by atoms with Crippen LogP contribution in [0.5, 0.6) is 0 Å². The summed E-state index contributed by atoms with van der Waals surface area (Å²) in [6.45, 7) is 9.22. The molecule has 0 aliphatic rings. The molecular weight excluding hydrogens is 190 g/mol. The second-order valence-corrected chi connectivity index (χ2v) is 5.68. The number of rotatable bonds is 8. The zero-order chi connectivity index (χ0) is 11.0. The maximum Gasteiger partial charge on any atom is 0.0180 e. The van der Waals surface area contributed by atoms with E-state index in [2.05, 4.69) is 51.8 Å². The smallest absolute Gasteiger partial charge is 0.0180 e. The normalized spacial score (nSPS) is 17.8. The molecule has 0 aromatic carbocycles. The molecule has 1 N–H and O–H groups in total. The van der Waals surface area contributed by atoms with Gasteiger partial charge in [-0.3, -0.25) is 0 Å². The predicted molar refractivity (Wildman–Crippen MR) is 69.1 cm³/mol. The summed E-state index contributed by atoms with van der Waals surface area (Å²) < 4.78 is 0. The minimum Gasteiger partial charge on any atom is -0.316 e. The third kappa shape index (κ3) is 5.92. The summed E-state index contributed by atoms with van der Waals surface area (Å²) in [6.07, 6.45) is 3.92. The fraction of sp³-hybridized carbons (Fsp3) is 1.00. The monoisotopic (exact) mass is 217 g/mol. The van der Waals surface area contributed by atoms with Crippen LogP contribution in [-0.2, 0) is 0 Å². The van der Waals surface area contributed by atoms with Crippen molar-refractivity contribution < 1.29 is 0 Å². The first-order valence-corrected chi connectivity index (χ1v) is 6.99. The first-order chi connectivity index (χ1) is 6.65. The van der Waals surface area contributed by atoms with E-state index in [-0.39, 0.29) is 0 Å². The lowest BCUT2D eigenvalue weighted by Crippen LogP contribution is -2.34. The highest BCUT2D eigenvalue weighted by Crippen LogP contribution is 2.19. The van der Waals surface area contributed by atoms with Gasteiger partial charge in [0.25, 0.3) is 0 Å². The molecule has 0 fully saturated rings. The molecule has 86 valence electrons. The molecule has 0 saturated carbocycles. The van der Waals surface area contributed by atoms with Crippen LogP contribution in [0.4, 0.5) is 0 Å². The number of hydrogen-bond acceptors (Lipinski definition) is 2. The van der Waals surface area contributed by atoms with E-state index in [1.165, 1.54) is 25.0 Å². The Morgan fingerprint density at radius 2 is 1.86 bits per heavy atom. The Morgan fingerprint density at radius 3 is 2.29 bits per heavy atom. The van der Waals surface area contributed by atoms with E-state index in [4.69, 9.17) is 0 Å². The van der Waals surface area contributed by atoms with E-state index >= 15 is 0 Å². The molecular formula is C12H27NS. The lowest BCUT2D eigenvalue weighted by atomic mass is 9.98. The van der Waals surface area contributed by atoms with Gasteiger partial charge in [0.15, 0.2) is 0 Å². The highest BCUT2D eigenvalue weighted by Gasteiger charge is 2.15. The molecule has 0 bridgehead atoms. The van der Waals surface area contributed by atoms with Crippen LogP contribution in [0, 0.1) is 5.92 Å². The summed E-state index contributed by atoms with van der Waals surface area (Å²) in [6, 6.07) is 0.689. The average Bonchev–Trinajstić information content (AvgIpc) is 2.18. The Balaban J connectivity index is 3.77. The van der Waals surface area contributed by atoms with Gasteiger partial charge in [0.1, 0.15) is 0 Å². The van der Waals surface area contributed by atoms with Gasteiger partial charge in [0, 0.05) is 17.0 Å². The number of nitrogens with one attached hydrogen (secondary N) is 1. The van der Waals surface area contributed by atoms with Gasteiger partial charge in [0.05, 0.1) is 0 Å². The van der Waals surface area contributed by atoms with Crippen molar-refractivity contribution >= 4 is 11.8 Å². The van der Waals surface area contributed by atoms with Crippen LogP contribution in [0.25, 0.3) is 0 Å². The van der Waals surface area contributed by atoms with E-state index < -0.39 is 0 Å². The Bertz CT molecular complexity index is 127. The molecule has 0 aromatic rings. The van der Waals surface area contributed by atoms with E-state index in [1.54, 1.807) is 0 Å². The molecule has 0 spiro atoms. The number of hydrogen-bond donors (Lipinski definition) is 1. The van der Waals surface area contributed by atoms with Gasteiger partial charge in [-0.25, -0.2) is 0 Å². The van der Waals surface area contributed by atoms with Gasteiger partial charge >= 0.3 is 0 Å². The van der Waals surface area contributed by atoms with Crippen LogP contribution in [0.1, 0.15) is 47.0 Å². The van der Waals surface area contributed by atoms with Gasteiger partial charge in [0.2, 0.25) is 0 Å². The Morgan fingerprint density at radius 1 is 1.21 bits per heavy atom. The fourth-order valence-electron chi connectivity index (χ4n) is 1.57. The van der Waals surface area contributed by atoms with Gasteiger partial charge in [-0.2, -0.15) is 11.8 Å². The molecule has 14 heavy (non-hydrogen) atoms. The summed E-state index contributed by atoms with van der Waals surface area (Å²) in [5.41, 5.74) is 0. The summed E-state index contributed by atoms with van der Waals surface area (Å²) in [5.74, 6) is 2.06. The molecule has 0 rings (SSSR count). The van der Waals surface area contributed by atoms with Crippen LogP contribution < -0.4 is 5.32 Å². The lowest BCUT2D eigenvalue weighted by molar-refractivity contribution is 0.402. The lowest BCUT2D eigenvalue weighted by Gasteiger charge is -2.24. The van der Waals surface area contributed by atoms with Gasteiger partial charge < -0.3 is 5.32 Å². The summed E-state index contributed by atoms with van der Waals surface area (Å²) in [4.78, 5) is 0. The predicted octanol–water partition coefficient (Wildman–Crippen LogP) is 3.54. The SMILES string of the molecule is CCCC(C)C(CSC(C)CC)NC. The summed E-state index contributed by atoms with van der Waals surface area (Å²) in [7, 11) is 2.09. The molecule has 0 aromatic heterocycles. The second kappa shape index (κ2) is 8.60. The van der Waals surface area contributed by atoms with Crippen molar-refractivity contribution in [3.8, 4) is 0 Å². The molecule has 2 heteroatoms. The molecule has 0 aliphatic heterocycles. The molecule has 0 aliphatic carbocycles. The zero-order valence-electron chi connectivity index (χ0n) is 10.5. The topological polar surface area (TPSA) is 12.0 Å². The van der Waals surface area contributed by atoms with Crippen molar-refractivity contribution in [2.75, 3.05) is 12.8 Å². The standard InChI is InChI=1S/C12H27NS/c1-6-8-10(3)12(13-5)9-14-11(4)7-2/h10-13H,6-9H2,1-5H3. The maximum absolute atomic E-state index is 3.45. The highest BCUT2D eigenvalue weighted by atomic mass is 32.2. The van der Waals surface area contributed by atoms with Gasteiger partial charge in [-0.15, -0.1) is 0 Å². The molecule has 3 atom stereocenters. The Kier molecular flexibility index (Phi) is 8.80. The van der Waals surface area contributed by atoms with Crippen LogP contribution in [0.15, 0.2) is 0 Å². The van der Waals surface area contributed by atoms with E-state index in [0.29, 0.717) is 6.04 Å². The van der Waals surface area contributed by atoms with Crippen molar-refractivity contribution in [1.82, 2.24) is 5.32 Å². The highest BCUT2D eigenvalue weighted by molar-refractivity contribution is 7.99. The molecule has 0 heterocycles. The van der Waals surface area contributed by atoms with Crippen LogP contribution >= 0.6 is 11.8 Å². The third-order valence-corrected chi connectivity index (χ3v) is 4.39. The Hall–Kier alpha value is 0.310. The molecule has 1 nitrogen and oxygen atoms in total. The molecule has 0 saturated heterocycles. The maximum atomic E-state index is 3.45. The fourth-order valence-corrected chi connectivity index (χ4v) is 2.84. The van der Waals surface area contributed by atoms with E-state index in [0.717, 1.165) is 11.2 Å². The van der Waals surface area contributed by atoms with Gasteiger partial charge in [-0.1, -0.05) is 34.1 Å². The van der Waals surface area contributed by atoms with Crippen molar-refractivity contribution in [1.29, 1.82) is 0 Å². The molecule has 3 unspecified atom stereocenters. The number of thioether (sulfide) groups is 1. The zero-order valence-corrected chi connectivity index (χ0v) is 11.3. The van der Waals surface area contributed by atoms with Crippen LogP contribution in [0.3, 0.4) is 0 Å². The van der Waals surface area contributed by atoms with E-state index in [1.807, 2.05) is 0 Å². The first kappa shape index (κ1) is 14.3. The third-order valence-electron chi connectivity index (χ3n) is 2.94. The van der Waals surface area contributed by atoms with Crippen LogP contribution in [-0.4, -0.2) is 24.1 Å². The largest absolute Gasteiger partial charge is 0.316 e. The quantitative estimate of drug-likeness (QED) is 0.667. The average molecular weight is 217 g/mol. The van der Waals surface area contributed by atoms with Crippen molar-refractivity contribution in [2.24, 2.45) is 5.92 Å². The van der Waals surface area contributed by atoms with Crippen molar-refractivity contribution in [2.45, 2.75) is 58.2 Å². The second-order valence-electron chi connectivity index (χ2n) is 4.21. The minimum atomic E-state index is 0.689.